The fourth-order valence-electron chi connectivity index (χ4n) is 1.53. The number of benzene rings is 1. The quantitative estimate of drug-likeness (QED) is 0.907. The van der Waals surface area contributed by atoms with Crippen LogP contribution in [-0.4, -0.2) is 17.1 Å². The molecule has 0 bridgehead atoms. The van der Waals surface area contributed by atoms with Crippen LogP contribution >= 0.6 is 11.6 Å². The van der Waals surface area contributed by atoms with Crippen molar-refractivity contribution in [3.8, 4) is 17.0 Å². The maximum atomic E-state index is 5.97. The second-order valence-corrected chi connectivity index (χ2v) is 3.84. The van der Waals surface area contributed by atoms with Gasteiger partial charge >= 0.3 is 0 Å². The minimum absolute atomic E-state index is 0.302. The molecule has 0 atom stereocenters. The highest BCUT2D eigenvalue weighted by atomic mass is 35.5. The topological polar surface area (TPSA) is 61.0 Å². The van der Waals surface area contributed by atoms with Gasteiger partial charge in [0.2, 0.25) is 0 Å². The molecule has 0 aliphatic rings. The molecule has 0 radical (unpaired) electrons. The Hall–Kier alpha value is -1.65. The van der Waals surface area contributed by atoms with Crippen molar-refractivity contribution in [3.63, 3.8) is 0 Å². The van der Waals surface area contributed by atoms with Crippen LogP contribution in [0.4, 0.5) is 0 Å². The molecule has 0 fully saturated rings. The SMILES string of the molecule is COc1ccc(Cl)cc1-c1ccnc(CN)n1. The van der Waals surface area contributed by atoms with E-state index in [9.17, 15) is 0 Å². The van der Waals surface area contributed by atoms with E-state index in [2.05, 4.69) is 9.97 Å². The van der Waals surface area contributed by atoms with Crippen LogP contribution in [0.2, 0.25) is 5.02 Å². The molecule has 0 aliphatic heterocycles. The molecule has 2 N–H and O–H groups in total. The molecular formula is C12H12ClN3O. The third-order valence-corrected chi connectivity index (χ3v) is 2.56. The number of halogens is 1. The van der Waals surface area contributed by atoms with Crippen LogP contribution in [0.1, 0.15) is 5.82 Å². The first-order valence-electron chi connectivity index (χ1n) is 5.10. The van der Waals surface area contributed by atoms with Crippen LogP contribution in [-0.2, 0) is 6.54 Å². The molecule has 0 spiro atoms. The van der Waals surface area contributed by atoms with E-state index in [4.69, 9.17) is 22.1 Å². The number of ether oxygens (including phenoxy) is 1. The van der Waals surface area contributed by atoms with Gasteiger partial charge in [-0.2, -0.15) is 0 Å². The fourth-order valence-corrected chi connectivity index (χ4v) is 1.70. The Bertz CT molecular complexity index is 531. The normalized spacial score (nSPS) is 10.3. The summed E-state index contributed by atoms with van der Waals surface area (Å²) in [6.07, 6.45) is 1.67. The molecule has 5 heteroatoms. The first-order chi connectivity index (χ1) is 8.24. The monoisotopic (exact) mass is 249 g/mol. The molecule has 4 nitrogen and oxygen atoms in total. The summed E-state index contributed by atoms with van der Waals surface area (Å²) < 4.78 is 5.28. The lowest BCUT2D eigenvalue weighted by Gasteiger charge is -2.08. The van der Waals surface area contributed by atoms with Crippen LogP contribution in [0.5, 0.6) is 5.75 Å². The summed E-state index contributed by atoms with van der Waals surface area (Å²) in [5.74, 6) is 1.31. The number of methoxy groups -OCH3 is 1. The van der Waals surface area contributed by atoms with Crippen LogP contribution in [0.15, 0.2) is 30.5 Å². The molecule has 0 saturated heterocycles. The van der Waals surface area contributed by atoms with Gasteiger partial charge in [0.15, 0.2) is 0 Å². The largest absolute Gasteiger partial charge is 0.496 e. The van der Waals surface area contributed by atoms with E-state index in [1.807, 2.05) is 12.1 Å². The molecule has 0 saturated carbocycles. The van der Waals surface area contributed by atoms with Gasteiger partial charge in [0.25, 0.3) is 0 Å². The van der Waals surface area contributed by atoms with Crippen molar-refractivity contribution < 1.29 is 4.74 Å². The zero-order chi connectivity index (χ0) is 12.3. The second kappa shape index (κ2) is 5.12. The number of hydrogen-bond donors (Lipinski definition) is 1. The number of nitrogens with zero attached hydrogens (tertiary/aromatic N) is 2. The van der Waals surface area contributed by atoms with Gasteiger partial charge in [-0.05, 0) is 24.3 Å². The van der Waals surface area contributed by atoms with Crippen LogP contribution in [0, 0.1) is 0 Å². The standard InChI is InChI=1S/C12H12ClN3O/c1-17-11-3-2-8(13)6-9(11)10-4-5-15-12(7-14)16-10/h2-6H,7,14H2,1H3. The lowest BCUT2D eigenvalue weighted by molar-refractivity contribution is 0.416. The van der Waals surface area contributed by atoms with Crippen molar-refractivity contribution >= 4 is 11.6 Å². The zero-order valence-corrected chi connectivity index (χ0v) is 10.1. The molecule has 1 heterocycles. The summed E-state index contributed by atoms with van der Waals surface area (Å²) in [7, 11) is 1.61. The summed E-state index contributed by atoms with van der Waals surface area (Å²) >= 11 is 5.97. The van der Waals surface area contributed by atoms with Crippen molar-refractivity contribution in [2.45, 2.75) is 6.54 Å². The van der Waals surface area contributed by atoms with E-state index in [1.54, 1.807) is 25.4 Å². The van der Waals surface area contributed by atoms with E-state index in [0.29, 0.717) is 17.4 Å². The lowest BCUT2D eigenvalue weighted by Crippen LogP contribution is -2.03. The molecule has 0 aliphatic carbocycles. The van der Waals surface area contributed by atoms with Gasteiger partial charge in [-0.1, -0.05) is 11.6 Å². The molecular weight excluding hydrogens is 238 g/mol. The zero-order valence-electron chi connectivity index (χ0n) is 9.35. The molecule has 2 rings (SSSR count). The first kappa shape index (κ1) is 11.8. The number of aromatic nitrogens is 2. The average Bonchev–Trinajstić information content (AvgIpc) is 2.39. The third kappa shape index (κ3) is 2.54. The Morgan fingerprint density at radius 3 is 2.88 bits per heavy atom. The summed E-state index contributed by atoms with van der Waals surface area (Å²) in [5, 5.41) is 0.633. The van der Waals surface area contributed by atoms with Gasteiger partial charge < -0.3 is 10.5 Å². The minimum Gasteiger partial charge on any atom is -0.496 e. The molecule has 88 valence electrons. The Balaban J connectivity index is 2.54. The number of rotatable bonds is 3. The number of nitrogens with two attached hydrogens (primary N) is 1. The molecule has 1 aromatic heterocycles. The highest BCUT2D eigenvalue weighted by Gasteiger charge is 2.08. The van der Waals surface area contributed by atoms with Gasteiger partial charge in [-0.15, -0.1) is 0 Å². The maximum absolute atomic E-state index is 5.97. The third-order valence-electron chi connectivity index (χ3n) is 2.33. The average molecular weight is 250 g/mol. The summed E-state index contributed by atoms with van der Waals surface area (Å²) in [6.45, 7) is 0.302. The summed E-state index contributed by atoms with van der Waals surface area (Å²) in [4.78, 5) is 8.39. The van der Waals surface area contributed by atoms with Crippen LogP contribution in [0.25, 0.3) is 11.3 Å². The van der Waals surface area contributed by atoms with Gasteiger partial charge in [0, 0.05) is 16.8 Å². The van der Waals surface area contributed by atoms with E-state index < -0.39 is 0 Å². The Morgan fingerprint density at radius 2 is 2.18 bits per heavy atom. The lowest BCUT2D eigenvalue weighted by atomic mass is 10.1. The van der Waals surface area contributed by atoms with E-state index in [0.717, 1.165) is 17.0 Å². The van der Waals surface area contributed by atoms with Gasteiger partial charge in [0.05, 0.1) is 19.3 Å². The van der Waals surface area contributed by atoms with Gasteiger partial charge in [-0.3, -0.25) is 0 Å². The first-order valence-corrected chi connectivity index (χ1v) is 5.48. The van der Waals surface area contributed by atoms with Crippen molar-refractivity contribution in [3.05, 3.63) is 41.3 Å². The van der Waals surface area contributed by atoms with Gasteiger partial charge in [0.1, 0.15) is 11.6 Å². The Labute approximate surface area is 104 Å². The summed E-state index contributed by atoms with van der Waals surface area (Å²) in [5.41, 5.74) is 7.10. The smallest absolute Gasteiger partial charge is 0.142 e. The second-order valence-electron chi connectivity index (χ2n) is 3.41. The molecule has 1 aromatic carbocycles. The van der Waals surface area contributed by atoms with Crippen LogP contribution in [0.3, 0.4) is 0 Å². The fraction of sp³-hybridized carbons (Fsp3) is 0.167. The number of hydrogen-bond acceptors (Lipinski definition) is 4. The van der Waals surface area contributed by atoms with Crippen molar-refractivity contribution in [2.24, 2.45) is 5.73 Å². The molecule has 0 amide bonds. The highest BCUT2D eigenvalue weighted by molar-refractivity contribution is 6.30. The predicted octanol–water partition coefficient (Wildman–Crippen LogP) is 2.26. The molecule has 0 unspecified atom stereocenters. The minimum atomic E-state index is 0.302. The Kier molecular flexibility index (Phi) is 3.56. The van der Waals surface area contributed by atoms with Crippen molar-refractivity contribution in [2.75, 3.05) is 7.11 Å². The van der Waals surface area contributed by atoms with Crippen LogP contribution < -0.4 is 10.5 Å². The highest BCUT2D eigenvalue weighted by Crippen LogP contribution is 2.30. The van der Waals surface area contributed by atoms with E-state index >= 15 is 0 Å². The van der Waals surface area contributed by atoms with Gasteiger partial charge in [-0.25, -0.2) is 9.97 Å². The Morgan fingerprint density at radius 1 is 1.35 bits per heavy atom. The summed E-state index contributed by atoms with van der Waals surface area (Å²) in [6, 6.07) is 7.19. The predicted molar refractivity (Wildman–Crippen MR) is 66.9 cm³/mol. The van der Waals surface area contributed by atoms with Crippen molar-refractivity contribution in [1.29, 1.82) is 0 Å². The van der Waals surface area contributed by atoms with Crippen molar-refractivity contribution in [1.82, 2.24) is 9.97 Å². The van der Waals surface area contributed by atoms with E-state index in [-0.39, 0.29) is 0 Å². The molecule has 17 heavy (non-hydrogen) atoms. The molecule has 2 aromatic rings. The maximum Gasteiger partial charge on any atom is 0.142 e. The van der Waals surface area contributed by atoms with E-state index in [1.165, 1.54) is 0 Å².